The monoisotopic (exact) mass is 341 g/mol. The Bertz CT molecular complexity index is 877. The number of hydrogen-bond donors (Lipinski definition) is 3. The molecule has 0 saturated heterocycles. The lowest BCUT2D eigenvalue weighted by Gasteiger charge is -2.04. The number of carbonyl (C=O) groups is 2. The minimum Gasteiger partial charge on any atom is -0.478 e. The maximum atomic E-state index is 11.9. The third kappa shape index (κ3) is 3.94. The summed E-state index contributed by atoms with van der Waals surface area (Å²) in [5.74, 6) is -0.838. The maximum absolute atomic E-state index is 11.9. The van der Waals surface area contributed by atoms with E-state index in [1.807, 2.05) is 30.3 Å². The van der Waals surface area contributed by atoms with Crippen LogP contribution in [0.2, 0.25) is 0 Å². The summed E-state index contributed by atoms with van der Waals surface area (Å²) in [6.07, 6.45) is 0. The van der Waals surface area contributed by atoms with Gasteiger partial charge in [0.15, 0.2) is 5.16 Å². The van der Waals surface area contributed by atoms with Gasteiger partial charge in [-0.2, -0.15) is 0 Å². The average molecular weight is 341 g/mol. The molecule has 0 aliphatic heterocycles. The van der Waals surface area contributed by atoms with E-state index in [9.17, 15) is 9.59 Å². The predicted octanol–water partition coefficient (Wildman–Crippen LogP) is 2.67. The van der Waals surface area contributed by atoms with E-state index in [-0.39, 0.29) is 17.2 Å². The number of carboxylic acid groups (broad SMARTS) is 1. The molecule has 3 aromatic rings. The zero-order valence-electron chi connectivity index (χ0n) is 12.7. The number of nitrogens with one attached hydrogen (secondary N) is 2. The molecule has 0 radical (unpaired) electrons. The van der Waals surface area contributed by atoms with E-state index in [2.05, 4.69) is 15.3 Å². The van der Waals surface area contributed by atoms with E-state index >= 15 is 0 Å². The highest BCUT2D eigenvalue weighted by molar-refractivity contribution is 7.99. The molecule has 7 heteroatoms. The number of H-pyrrole nitrogens is 1. The summed E-state index contributed by atoms with van der Waals surface area (Å²) in [6, 6.07) is 14.4. The molecule has 3 rings (SSSR count). The molecule has 0 aliphatic rings. The Morgan fingerprint density at radius 3 is 2.71 bits per heavy atom. The van der Waals surface area contributed by atoms with Crippen LogP contribution in [-0.2, 0) is 11.3 Å². The molecule has 0 fully saturated rings. The lowest BCUT2D eigenvalue weighted by molar-refractivity contribution is -0.118. The number of hydrogen-bond acceptors (Lipinski definition) is 4. The highest BCUT2D eigenvalue weighted by Crippen LogP contribution is 2.20. The zero-order chi connectivity index (χ0) is 16.9. The van der Waals surface area contributed by atoms with Crippen LogP contribution in [0.5, 0.6) is 0 Å². The first-order valence-electron chi connectivity index (χ1n) is 7.28. The van der Waals surface area contributed by atoms with Crippen molar-refractivity contribution < 1.29 is 14.7 Å². The summed E-state index contributed by atoms with van der Waals surface area (Å²) in [5.41, 5.74) is 2.55. The number of carbonyl (C=O) groups excluding carboxylic acids is 1. The summed E-state index contributed by atoms with van der Waals surface area (Å²) >= 11 is 1.28. The number of fused-ring (bicyclic) bond motifs is 1. The fraction of sp³-hybridized carbons (Fsp3) is 0.118. The molecule has 122 valence electrons. The molecule has 2 aromatic carbocycles. The zero-order valence-corrected chi connectivity index (χ0v) is 13.5. The largest absolute Gasteiger partial charge is 0.478 e. The van der Waals surface area contributed by atoms with Crippen molar-refractivity contribution in [2.24, 2.45) is 0 Å². The Hall–Kier alpha value is -2.80. The number of thioether (sulfide) groups is 1. The minimum absolute atomic E-state index is 0.0875. The van der Waals surface area contributed by atoms with Crippen LogP contribution >= 0.6 is 11.8 Å². The number of amides is 1. The number of carboxylic acids is 1. The molecule has 0 atom stereocenters. The lowest BCUT2D eigenvalue weighted by atomic mass is 10.2. The van der Waals surface area contributed by atoms with Crippen LogP contribution in [0.25, 0.3) is 11.0 Å². The Labute approximate surface area is 142 Å². The second kappa shape index (κ2) is 7.18. The van der Waals surface area contributed by atoms with Crippen molar-refractivity contribution in [1.82, 2.24) is 15.3 Å². The SMILES string of the molecule is O=C(CSc1nc2ccc(C(=O)O)cc2[nH]1)NCc1ccccc1. The van der Waals surface area contributed by atoms with Gasteiger partial charge in [0.25, 0.3) is 0 Å². The van der Waals surface area contributed by atoms with Crippen LogP contribution in [0.15, 0.2) is 53.7 Å². The van der Waals surface area contributed by atoms with Crippen LogP contribution in [0.3, 0.4) is 0 Å². The Kier molecular flexibility index (Phi) is 4.81. The van der Waals surface area contributed by atoms with Crippen molar-refractivity contribution >= 4 is 34.7 Å². The first kappa shape index (κ1) is 16.1. The molecule has 0 spiro atoms. The molecule has 3 N–H and O–H groups in total. The third-order valence-electron chi connectivity index (χ3n) is 3.38. The molecule has 1 amide bonds. The van der Waals surface area contributed by atoms with E-state index < -0.39 is 5.97 Å². The van der Waals surface area contributed by atoms with Crippen LogP contribution in [0.4, 0.5) is 0 Å². The van der Waals surface area contributed by atoms with Crippen molar-refractivity contribution in [3.63, 3.8) is 0 Å². The lowest BCUT2D eigenvalue weighted by Crippen LogP contribution is -2.24. The smallest absolute Gasteiger partial charge is 0.335 e. The van der Waals surface area contributed by atoms with E-state index in [0.717, 1.165) is 5.56 Å². The Balaban J connectivity index is 1.57. The molecule has 0 bridgehead atoms. The van der Waals surface area contributed by atoms with Gasteiger partial charge in [0.2, 0.25) is 5.91 Å². The van der Waals surface area contributed by atoms with E-state index in [0.29, 0.717) is 22.7 Å². The van der Waals surface area contributed by atoms with Gasteiger partial charge >= 0.3 is 5.97 Å². The topological polar surface area (TPSA) is 95.1 Å². The fourth-order valence-electron chi connectivity index (χ4n) is 2.17. The number of rotatable bonds is 6. The number of nitrogens with zero attached hydrogens (tertiary/aromatic N) is 1. The Morgan fingerprint density at radius 2 is 1.96 bits per heavy atom. The highest BCUT2D eigenvalue weighted by Gasteiger charge is 2.09. The van der Waals surface area contributed by atoms with Gasteiger partial charge in [-0.3, -0.25) is 4.79 Å². The Morgan fingerprint density at radius 1 is 1.17 bits per heavy atom. The number of aromatic carboxylic acids is 1. The summed E-state index contributed by atoms with van der Waals surface area (Å²) in [6.45, 7) is 0.488. The van der Waals surface area contributed by atoms with Crippen molar-refractivity contribution in [2.45, 2.75) is 11.7 Å². The summed E-state index contributed by atoms with van der Waals surface area (Å²) < 4.78 is 0. The maximum Gasteiger partial charge on any atom is 0.335 e. The molecule has 6 nitrogen and oxygen atoms in total. The van der Waals surface area contributed by atoms with Gasteiger partial charge in [0.05, 0.1) is 22.3 Å². The van der Waals surface area contributed by atoms with Gasteiger partial charge in [-0.05, 0) is 23.8 Å². The van der Waals surface area contributed by atoms with E-state index in [4.69, 9.17) is 5.11 Å². The van der Waals surface area contributed by atoms with E-state index in [1.165, 1.54) is 23.9 Å². The van der Waals surface area contributed by atoms with Crippen molar-refractivity contribution in [3.05, 3.63) is 59.7 Å². The fourth-order valence-corrected chi connectivity index (χ4v) is 2.88. The molecule has 1 heterocycles. The number of aromatic nitrogens is 2. The van der Waals surface area contributed by atoms with Gasteiger partial charge in [0, 0.05) is 6.54 Å². The molecule has 24 heavy (non-hydrogen) atoms. The van der Waals surface area contributed by atoms with Crippen molar-refractivity contribution in [2.75, 3.05) is 5.75 Å². The van der Waals surface area contributed by atoms with Crippen LogP contribution in [0.1, 0.15) is 15.9 Å². The van der Waals surface area contributed by atoms with Crippen LogP contribution in [-0.4, -0.2) is 32.7 Å². The summed E-state index contributed by atoms with van der Waals surface area (Å²) in [4.78, 5) is 30.2. The van der Waals surface area contributed by atoms with Gasteiger partial charge < -0.3 is 15.4 Å². The molecule has 0 unspecified atom stereocenters. The second-order valence-corrected chi connectivity index (χ2v) is 6.09. The summed E-state index contributed by atoms with van der Waals surface area (Å²) in [5, 5.41) is 12.4. The third-order valence-corrected chi connectivity index (χ3v) is 4.25. The van der Waals surface area contributed by atoms with Crippen LogP contribution < -0.4 is 5.32 Å². The van der Waals surface area contributed by atoms with Gasteiger partial charge in [-0.25, -0.2) is 9.78 Å². The normalized spacial score (nSPS) is 10.7. The van der Waals surface area contributed by atoms with Crippen molar-refractivity contribution in [1.29, 1.82) is 0 Å². The predicted molar refractivity (Wildman–Crippen MR) is 92.1 cm³/mol. The molecular weight excluding hydrogens is 326 g/mol. The average Bonchev–Trinajstić information content (AvgIpc) is 3.01. The molecule has 1 aromatic heterocycles. The quantitative estimate of drug-likeness (QED) is 0.599. The van der Waals surface area contributed by atoms with Gasteiger partial charge in [0.1, 0.15) is 0 Å². The molecular formula is C17H15N3O3S. The van der Waals surface area contributed by atoms with Crippen molar-refractivity contribution in [3.8, 4) is 0 Å². The van der Waals surface area contributed by atoms with Crippen LogP contribution in [0, 0.1) is 0 Å². The second-order valence-electron chi connectivity index (χ2n) is 5.13. The van der Waals surface area contributed by atoms with Gasteiger partial charge in [-0.1, -0.05) is 42.1 Å². The first-order valence-corrected chi connectivity index (χ1v) is 8.27. The molecule has 0 aliphatic carbocycles. The first-order chi connectivity index (χ1) is 11.6. The highest BCUT2D eigenvalue weighted by atomic mass is 32.2. The number of benzene rings is 2. The summed E-state index contributed by atoms with van der Waals surface area (Å²) in [7, 11) is 0. The number of imidazole rings is 1. The molecule has 0 saturated carbocycles. The van der Waals surface area contributed by atoms with E-state index in [1.54, 1.807) is 6.07 Å². The standard InChI is InChI=1S/C17H15N3O3S/c21-15(18-9-11-4-2-1-3-5-11)10-24-17-19-13-7-6-12(16(22)23)8-14(13)20-17/h1-8H,9-10H2,(H,18,21)(H,19,20)(H,22,23). The number of aromatic amines is 1. The van der Waals surface area contributed by atoms with Gasteiger partial charge in [-0.15, -0.1) is 0 Å². The minimum atomic E-state index is -0.985.